The molecule has 0 fully saturated rings. The standard InChI is InChI=1S/C14H10N2O2/c17-14(11-6-7-18-10-11)12-8-15-16(9-12)13-4-2-1-3-5-13/h1-10H. The van der Waals surface area contributed by atoms with Crippen molar-refractivity contribution in [1.82, 2.24) is 9.78 Å². The van der Waals surface area contributed by atoms with Gasteiger partial charge in [-0.3, -0.25) is 4.79 Å². The first-order valence-corrected chi connectivity index (χ1v) is 5.51. The summed E-state index contributed by atoms with van der Waals surface area (Å²) in [4.78, 5) is 12.0. The van der Waals surface area contributed by atoms with E-state index in [0.29, 0.717) is 11.1 Å². The van der Waals surface area contributed by atoms with Crippen LogP contribution in [0.4, 0.5) is 0 Å². The predicted octanol–water partition coefficient (Wildman–Crippen LogP) is 2.70. The third-order valence-corrected chi connectivity index (χ3v) is 2.65. The third-order valence-electron chi connectivity index (χ3n) is 2.65. The van der Waals surface area contributed by atoms with E-state index in [0.717, 1.165) is 5.69 Å². The molecular weight excluding hydrogens is 228 g/mol. The van der Waals surface area contributed by atoms with Crippen molar-refractivity contribution < 1.29 is 9.21 Å². The average Bonchev–Trinajstić information content (AvgIpc) is 3.10. The minimum absolute atomic E-state index is 0.0917. The number of nitrogens with zero attached hydrogens (tertiary/aromatic N) is 2. The lowest BCUT2D eigenvalue weighted by Crippen LogP contribution is -1.98. The second kappa shape index (κ2) is 4.33. The second-order valence-corrected chi connectivity index (χ2v) is 3.85. The molecule has 88 valence electrons. The highest BCUT2D eigenvalue weighted by Crippen LogP contribution is 2.12. The molecule has 0 unspecified atom stereocenters. The van der Waals surface area contributed by atoms with Crippen LogP contribution in [0.25, 0.3) is 5.69 Å². The number of hydrogen-bond donors (Lipinski definition) is 0. The zero-order valence-electron chi connectivity index (χ0n) is 9.48. The molecule has 0 aliphatic heterocycles. The van der Waals surface area contributed by atoms with E-state index in [2.05, 4.69) is 5.10 Å². The lowest BCUT2D eigenvalue weighted by atomic mass is 10.1. The topological polar surface area (TPSA) is 48.0 Å². The minimum atomic E-state index is -0.0917. The minimum Gasteiger partial charge on any atom is -0.472 e. The Morgan fingerprint density at radius 2 is 1.94 bits per heavy atom. The molecule has 0 spiro atoms. The summed E-state index contributed by atoms with van der Waals surface area (Å²) < 4.78 is 6.57. The maximum absolute atomic E-state index is 12.0. The molecule has 4 nitrogen and oxygen atoms in total. The van der Waals surface area contributed by atoms with Crippen molar-refractivity contribution in [2.24, 2.45) is 0 Å². The Kier molecular flexibility index (Phi) is 2.53. The number of ketones is 1. The summed E-state index contributed by atoms with van der Waals surface area (Å²) in [6.07, 6.45) is 6.18. The van der Waals surface area contributed by atoms with Gasteiger partial charge in [-0.05, 0) is 18.2 Å². The van der Waals surface area contributed by atoms with E-state index in [1.807, 2.05) is 30.3 Å². The van der Waals surface area contributed by atoms with Crippen LogP contribution in [0.1, 0.15) is 15.9 Å². The lowest BCUT2D eigenvalue weighted by Gasteiger charge is -1.98. The van der Waals surface area contributed by atoms with E-state index < -0.39 is 0 Å². The van der Waals surface area contributed by atoms with Crippen LogP contribution in [0.5, 0.6) is 0 Å². The first-order valence-electron chi connectivity index (χ1n) is 5.51. The zero-order chi connectivity index (χ0) is 12.4. The Morgan fingerprint density at radius 1 is 1.11 bits per heavy atom. The monoisotopic (exact) mass is 238 g/mol. The van der Waals surface area contributed by atoms with Gasteiger partial charge in [0.15, 0.2) is 5.78 Å². The fourth-order valence-electron chi connectivity index (χ4n) is 1.72. The SMILES string of the molecule is O=C(c1ccoc1)c1cnn(-c2ccccc2)c1. The van der Waals surface area contributed by atoms with Crippen LogP contribution in [0.15, 0.2) is 65.7 Å². The Morgan fingerprint density at radius 3 is 2.67 bits per heavy atom. The van der Waals surface area contributed by atoms with Gasteiger partial charge in [-0.25, -0.2) is 4.68 Å². The molecule has 18 heavy (non-hydrogen) atoms. The van der Waals surface area contributed by atoms with Gasteiger partial charge in [0.05, 0.1) is 29.3 Å². The fraction of sp³-hybridized carbons (Fsp3) is 0. The van der Waals surface area contributed by atoms with Gasteiger partial charge < -0.3 is 4.42 Å². The molecule has 2 aromatic heterocycles. The summed E-state index contributed by atoms with van der Waals surface area (Å²) in [6.45, 7) is 0. The molecule has 0 saturated carbocycles. The van der Waals surface area contributed by atoms with Gasteiger partial charge in [0.1, 0.15) is 6.26 Å². The highest BCUT2D eigenvalue weighted by Gasteiger charge is 2.12. The summed E-state index contributed by atoms with van der Waals surface area (Å²) in [6, 6.07) is 11.3. The van der Waals surface area contributed by atoms with Gasteiger partial charge in [-0.15, -0.1) is 0 Å². The molecule has 2 heterocycles. The molecule has 0 aliphatic rings. The van der Waals surface area contributed by atoms with Crippen LogP contribution in [-0.4, -0.2) is 15.6 Å². The van der Waals surface area contributed by atoms with Gasteiger partial charge in [0.2, 0.25) is 0 Å². The number of carbonyl (C=O) groups excluding carboxylic acids is 1. The number of furan rings is 1. The highest BCUT2D eigenvalue weighted by molar-refractivity contribution is 6.08. The van der Waals surface area contributed by atoms with Crippen molar-refractivity contribution >= 4 is 5.78 Å². The van der Waals surface area contributed by atoms with Crippen molar-refractivity contribution in [2.75, 3.05) is 0 Å². The van der Waals surface area contributed by atoms with E-state index in [1.165, 1.54) is 12.5 Å². The normalized spacial score (nSPS) is 10.4. The predicted molar refractivity (Wildman–Crippen MR) is 65.7 cm³/mol. The van der Waals surface area contributed by atoms with E-state index in [1.54, 1.807) is 23.1 Å². The Hall–Kier alpha value is -2.62. The van der Waals surface area contributed by atoms with Gasteiger partial charge in [0.25, 0.3) is 0 Å². The van der Waals surface area contributed by atoms with Crippen LogP contribution in [-0.2, 0) is 0 Å². The van der Waals surface area contributed by atoms with Crippen LogP contribution in [0, 0.1) is 0 Å². The first kappa shape index (κ1) is 10.5. The van der Waals surface area contributed by atoms with Crippen LogP contribution < -0.4 is 0 Å². The molecule has 0 atom stereocenters. The van der Waals surface area contributed by atoms with Gasteiger partial charge in [-0.1, -0.05) is 18.2 Å². The average molecular weight is 238 g/mol. The molecule has 3 rings (SSSR count). The van der Waals surface area contributed by atoms with Crippen LogP contribution in [0.3, 0.4) is 0 Å². The lowest BCUT2D eigenvalue weighted by molar-refractivity contribution is 0.103. The van der Waals surface area contributed by atoms with Gasteiger partial charge >= 0.3 is 0 Å². The van der Waals surface area contributed by atoms with Crippen molar-refractivity contribution in [3.8, 4) is 5.69 Å². The molecule has 0 amide bonds. The maximum atomic E-state index is 12.0. The van der Waals surface area contributed by atoms with E-state index in [-0.39, 0.29) is 5.78 Å². The van der Waals surface area contributed by atoms with Crippen molar-refractivity contribution in [2.45, 2.75) is 0 Å². The Bertz CT molecular complexity index is 654. The number of para-hydroxylation sites is 1. The Balaban J connectivity index is 1.93. The molecule has 0 saturated heterocycles. The highest BCUT2D eigenvalue weighted by atomic mass is 16.3. The van der Waals surface area contributed by atoms with E-state index in [4.69, 9.17) is 4.42 Å². The third kappa shape index (κ3) is 1.84. The quantitative estimate of drug-likeness (QED) is 0.659. The smallest absolute Gasteiger partial charge is 0.199 e. The summed E-state index contributed by atoms with van der Waals surface area (Å²) >= 11 is 0. The number of benzene rings is 1. The van der Waals surface area contributed by atoms with E-state index >= 15 is 0 Å². The van der Waals surface area contributed by atoms with Crippen molar-refractivity contribution in [3.63, 3.8) is 0 Å². The maximum Gasteiger partial charge on any atom is 0.199 e. The largest absolute Gasteiger partial charge is 0.472 e. The molecule has 0 N–H and O–H groups in total. The van der Waals surface area contributed by atoms with E-state index in [9.17, 15) is 4.79 Å². The summed E-state index contributed by atoms with van der Waals surface area (Å²) in [5.41, 5.74) is 1.99. The fourth-order valence-corrected chi connectivity index (χ4v) is 1.72. The van der Waals surface area contributed by atoms with Gasteiger partial charge in [-0.2, -0.15) is 5.10 Å². The van der Waals surface area contributed by atoms with Gasteiger partial charge in [0, 0.05) is 6.20 Å². The summed E-state index contributed by atoms with van der Waals surface area (Å²) in [5.74, 6) is -0.0917. The summed E-state index contributed by atoms with van der Waals surface area (Å²) in [7, 11) is 0. The second-order valence-electron chi connectivity index (χ2n) is 3.85. The molecular formula is C14H10N2O2. The number of hydrogen-bond acceptors (Lipinski definition) is 3. The molecule has 1 aromatic carbocycles. The molecule has 4 heteroatoms. The molecule has 0 aliphatic carbocycles. The number of carbonyl (C=O) groups is 1. The van der Waals surface area contributed by atoms with Crippen molar-refractivity contribution in [3.05, 3.63) is 72.4 Å². The Labute approximate surface area is 103 Å². The molecule has 3 aromatic rings. The van der Waals surface area contributed by atoms with Crippen LogP contribution >= 0.6 is 0 Å². The van der Waals surface area contributed by atoms with Crippen LogP contribution in [0.2, 0.25) is 0 Å². The zero-order valence-corrected chi connectivity index (χ0v) is 9.48. The summed E-state index contributed by atoms with van der Waals surface area (Å²) in [5, 5.41) is 4.18. The first-order chi connectivity index (χ1) is 8.84. The molecule has 0 bridgehead atoms. The molecule has 0 radical (unpaired) electrons. The number of aromatic nitrogens is 2. The van der Waals surface area contributed by atoms with Crippen molar-refractivity contribution in [1.29, 1.82) is 0 Å². The number of rotatable bonds is 3.